The second kappa shape index (κ2) is 10.0. The number of benzene rings is 1. The Kier molecular flexibility index (Phi) is 7.48. The highest BCUT2D eigenvalue weighted by Crippen LogP contribution is 2.38. The summed E-state index contributed by atoms with van der Waals surface area (Å²) in [5.41, 5.74) is 2.45. The van der Waals surface area contributed by atoms with Gasteiger partial charge < -0.3 is 15.4 Å². The highest BCUT2D eigenvalue weighted by Gasteiger charge is 2.25. The Morgan fingerprint density at radius 3 is 2.68 bits per heavy atom. The molecule has 150 valence electrons. The molecule has 5 nitrogen and oxygen atoms in total. The number of carbonyl (C=O) groups is 2. The number of thiophene rings is 1. The predicted octanol–water partition coefficient (Wildman–Crippen LogP) is 4.34. The number of Topliss-reactive ketones (excluding diaryl/α,β-unsaturated/α-hetero) is 1. The fraction of sp³-hybridized carbons (Fsp3) is 0.429. The number of aryl methyl sites for hydroxylation is 1. The molecule has 0 unspecified atom stereocenters. The minimum Gasteiger partial charge on any atom is -0.385 e. The van der Waals surface area contributed by atoms with E-state index in [0.717, 1.165) is 42.7 Å². The van der Waals surface area contributed by atoms with Crippen molar-refractivity contribution in [2.75, 3.05) is 32.1 Å². The third-order valence-electron chi connectivity index (χ3n) is 4.78. The van der Waals surface area contributed by atoms with Crippen LogP contribution in [0, 0.1) is 0 Å². The van der Waals surface area contributed by atoms with Gasteiger partial charge in [0.1, 0.15) is 5.00 Å². The smallest absolute Gasteiger partial charge is 0.254 e. The third kappa shape index (κ3) is 5.13. The Morgan fingerprint density at radius 1 is 1.18 bits per heavy atom. The topological polar surface area (TPSA) is 67.4 Å². The summed E-state index contributed by atoms with van der Waals surface area (Å²) >= 11 is 7.49. The first kappa shape index (κ1) is 20.8. The van der Waals surface area contributed by atoms with E-state index < -0.39 is 0 Å². The molecular weight excluding hydrogens is 396 g/mol. The highest BCUT2D eigenvalue weighted by atomic mass is 35.5. The monoisotopic (exact) mass is 420 g/mol. The molecule has 1 aromatic heterocycles. The summed E-state index contributed by atoms with van der Waals surface area (Å²) in [6.45, 7) is 1.33. The van der Waals surface area contributed by atoms with Crippen molar-refractivity contribution in [1.29, 1.82) is 0 Å². The molecule has 0 radical (unpaired) electrons. The maximum Gasteiger partial charge on any atom is 0.254 e. The zero-order valence-electron chi connectivity index (χ0n) is 16.0. The van der Waals surface area contributed by atoms with Gasteiger partial charge in [-0.2, -0.15) is 0 Å². The van der Waals surface area contributed by atoms with Gasteiger partial charge in [-0.25, -0.2) is 0 Å². The number of anilines is 1. The molecule has 0 saturated carbocycles. The van der Waals surface area contributed by atoms with Gasteiger partial charge in [0.15, 0.2) is 5.78 Å². The molecule has 3 rings (SSSR count). The van der Waals surface area contributed by atoms with Gasteiger partial charge in [0.05, 0.1) is 12.1 Å². The molecule has 1 amide bonds. The summed E-state index contributed by atoms with van der Waals surface area (Å²) < 4.78 is 5.04. The molecule has 2 N–H and O–H groups in total. The number of hydrogen-bond donors (Lipinski definition) is 2. The van der Waals surface area contributed by atoms with Crippen LogP contribution in [0.1, 0.15) is 50.4 Å². The molecule has 1 heterocycles. The van der Waals surface area contributed by atoms with E-state index >= 15 is 0 Å². The Hall–Kier alpha value is -1.89. The van der Waals surface area contributed by atoms with Crippen molar-refractivity contribution >= 4 is 39.6 Å². The second-order valence-electron chi connectivity index (χ2n) is 6.80. The SMILES string of the molecule is COCCCNC(=O)c1c(NCC(=O)c2ccc(Cl)cc2)sc2c1CCCC2. The standard InChI is InChI=1S/C21H25ClN2O3S/c1-27-12-4-11-23-20(26)19-16-5-2-3-6-18(16)28-21(19)24-13-17(25)14-7-9-15(22)10-8-14/h7-10,24H,2-6,11-13H2,1H3,(H,23,26). The number of methoxy groups -OCH3 is 1. The number of rotatable bonds is 9. The second-order valence-corrected chi connectivity index (χ2v) is 8.34. The maximum atomic E-state index is 12.8. The minimum atomic E-state index is -0.0723. The van der Waals surface area contributed by atoms with Crippen molar-refractivity contribution in [3.05, 3.63) is 50.9 Å². The van der Waals surface area contributed by atoms with Gasteiger partial charge >= 0.3 is 0 Å². The van der Waals surface area contributed by atoms with Crippen LogP contribution in [-0.2, 0) is 17.6 Å². The zero-order valence-corrected chi connectivity index (χ0v) is 17.5. The van der Waals surface area contributed by atoms with Crippen molar-refractivity contribution in [3.8, 4) is 0 Å². The first-order chi connectivity index (χ1) is 13.6. The number of ketones is 1. The first-order valence-electron chi connectivity index (χ1n) is 9.54. The molecule has 0 atom stereocenters. The molecule has 0 aliphatic heterocycles. The van der Waals surface area contributed by atoms with Gasteiger partial charge in [0.25, 0.3) is 5.91 Å². The molecule has 0 saturated heterocycles. The molecule has 7 heteroatoms. The average molecular weight is 421 g/mol. The van der Waals surface area contributed by atoms with Crippen LogP contribution in [-0.4, -0.2) is 38.5 Å². The fourth-order valence-electron chi connectivity index (χ4n) is 3.34. The largest absolute Gasteiger partial charge is 0.385 e. The number of nitrogens with one attached hydrogen (secondary N) is 2. The summed E-state index contributed by atoms with van der Waals surface area (Å²) in [4.78, 5) is 26.6. The molecule has 0 bridgehead atoms. The molecule has 1 aliphatic rings. The van der Waals surface area contributed by atoms with Crippen LogP contribution in [0.2, 0.25) is 5.02 Å². The van der Waals surface area contributed by atoms with E-state index in [2.05, 4.69) is 10.6 Å². The summed E-state index contributed by atoms with van der Waals surface area (Å²) in [7, 11) is 1.65. The van der Waals surface area contributed by atoms with E-state index in [9.17, 15) is 9.59 Å². The Labute approximate surface area is 174 Å². The van der Waals surface area contributed by atoms with Crippen LogP contribution in [0.3, 0.4) is 0 Å². The van der Waals surface area contributed by atoms with Gasteiger partial charge in [0.2, 0.25) is 0 Å². The van der Waals surface area contributed by atoms with E-state index in [1.54, 1.807) is 42.7 Å². The third-order valence-corrected chi connectivity index (χ3v) is 6.29. The Morgan fingerprint density at radius 2 is 1.93 bits per heavy atom. The van der Waals surface area contributed by atoms with E-state index in [1.807, 2.05) is 0 Å². The zero-order chi connectivity index (χ0) is 19.9. The highest BCUT2D eigenvalue weighted by molar-refractivity contribution is 7.16. The van der Waals surface area contributed by atoms with Gasteiger partial charge in [-0.05, 0) is 61.9 Å². The lowest BCUT2D eigenvalue weighted by Gasteiger charge is -2.13. The van der Waals surface area contributed by atoms with Crippen LogP contribution in [0.25, 0.3) is 0 Å². The Balaban J connectivity index is 1.72. The van der Waals surface area contributed by atoms with Crippen LogP contribution < -0.4 is 10.6 Å². The van der Waals surface area contributed by atoms with E-state index in [4.69, 9.17) is 16.3 Å². The molecule has 1 aliphatic carbocycles. The molecular formula is C21H25ClN2O3S. The van der Waals surface area contributed by atoms with Gasteiger partial charge in [-0.1, -0.05) is 11.6 Å². The number of ether oxygens (including phenoxy) is 1. The quantitative estimate of drug-likeness (QED) is 0.467. The van der Waals surface area contributed by atoms with Crippen molar-refractivity contribution in [1.82, 2.24) is 5.32 Å². The van der Waals surface area contributed by atoms with E-state index in [1.165, 1.54) is 4.88 Å². The summed E-state index contributed by atoms with van der Waals surface area (Å²) in [5, 5.41) is 7.59. The van der Waals surface area contributed by atoms with Crippen molar-refractivity contribution in [2.24, 2.45) is 0 Å². The van der Waals surface area contributed by atoms with Crippen LogP contribution >= 0.6 is 22.9 Å². The number of amides is 1. The van der Waals surface area contributed by atoms with Gasteiger partial charge in [-0.15, -0.1) is 11.3 Å². The molecule has 1 aromatic carbocycles. The lowest BCUT2D eigenvalue weighted by atomic mass is 9.95. The summed E-state index contributed by atoms with van der Waals surface area (Å²) in [5.74, 6) is -0.105. The lowest BCUT2D eigenvalue weighted by Crippen LogP contribution is -2.27. The number of hydrogen-bond acceptors (Lipinski definition) is 5. The summed E-state index contributed by atoms with van der Waals surface area (Å²) in [6.07, 6.45) is 4.92. The van der Waals surface area contributed by atoms with Crippen molar-refractivity contribution in [2.45, 2.75) is 32.1 Å². The maximum absolute atomic E-state index is 12.8. The summed E-state index contributed by atoms with van der Waals surface area (Å²) in [6, 6.07) is 6.85. The number of fused-ring (bicyclic) bond motifs is 1. The van der Waals surface area contributed by atoms with Crippen LogP contribution in [0.4, 0.5) is 5.00 Å². The lowest BCUT2D eigenvalue weighted by molar-refractivity contribution is 0.0946. The number of halogens is 1. The van der Waals surface area contributed by atoms with E-state index in [0.29, 0.717) is 29.3 Å². The first-order valence-corrected chi connectivity index (χ1v) is 10.7. The van der Waals surface area contributed by atoms with Gasteiger partial charge in [0, 0.05) is 35.7 Å². The normalized spacial score (nSPS) is 13.1. The molecule has 0 fully saturated rings. The van der Waals surface area contributed by atoms with Gasteiger partial charge in [-0.3, -0.25) is 9.59 Å². The van der Waals surface area contributed by atoms with Crippen LogP contribution in [0.15, 0.2) is 24.3 Å². The van der Waals surface area contributed by atoms with Crippen molar-refractivity contribution in [3.63, 3.8) is 0 Å². The average Bonchev–Trinajstić information content (AvgIpc) is 3.08. The van der Waals surface area contributed by atoms with Crippen molar-refractivity contribution < 1.29 is 14.3 Å². The molecule has 2 aromatic rings. The Bertz CT molecular complexity index is 833. The fourth-order valence-corrected chi connectivity index (χ4v) is 4.74. The number of carbonyl (C=O) groups excluding carboxylic acids is 2. The minimum absolute atomic E-state index is 0.0329. The predicted molar refractivity (Wildman–Crippen MR) is 114 cm³/mol. The van der Waals surface area contributed by atoms with Crippen LogP contribution in [0.5, 0.6) is 0 Å². The van der Waals surface area contributed by atoms with E-state index in [-0.39, 0.29) is 18.2 Å². The molecule has 28 heavy (non-hydrogen) atoms. The molecule has 0 spiro atoms.